The first kappa shape index (κ1) is 25.7. The minimum atomic E-state index is -1.17. The van der Waals surface area contributed by atoms with E-state index in [9.17, 15) is 5.11 Å². The fourth-order valence-electron chi connectivity index (χ4n) is 4.60. The Labute approximate surface area is 213 Å². The van der Waals surface area contributed by atoms with Crippen LogP contribution < -0.4 is 4.74 Å². The van der Waals surface area contributed by atoms with Gasteiger partial charge in [-0.05, 0) is 47.9 Å². The Morgan fingerprint density at radius 3 is 1.91 bits per heavy atom. The molecule has 1 saturated heterocycles. The molecule has 1 heterocycles. The summed E-state index contributed by atoms with van der Waals surface area (Å²) in [6, 6.07) is 23.5. The van der Waals surface area contributed by atoms with E-state index in [2.05, 4.69) is 9.80 Å². The van der Waals surface area contributed by atoms with Gasteiger partial charge in [-0.3, -0.25) is 9.80 Å². The van der Waals surface area contributed by atoms with Gasteiger partial charge in [-0.25, -0.2) is 0 Å². The van der Waals surface area contributed by atoms with E-state index < -0.39 is 5.60 Å². The first-order valence-electron chi connectivity index (χ1n) is 12.3. The molecule has 6 heteroatoms. The second-order valence-corrected chi connectivity index (χ2v) is 9.75. The van der Waals surface area contributed by atoms with Crippen LogP contribution in [0.1, 0.15) is 22.3 Å². The van der Waals surface area contributed by atoms with E-state index in [1.807, 2.05) is 79.7 Å². The van der Waals surface area contributed by atoms with Gasteiger partial charge in [-0.15, -0.1) is 0 Å². The first-order valence-corrected chi connectivity index (χ1v) is 12.7. The summed E-state index contributed by atoms with van der Waals surface area (Å²) in [5.41, 5.74) is 2.67. The summed E-state index contributed by atoms with van der Waals surface area (Å²) in [7, 11) is 0. The zero-order valence-electron chi connectivity index (χ0n) is 20.4. The summed E-state index contributed by atoms with van der Waals surface area (Å²) in [6.45, 7) is 8.48. The largest absolute Gasteiger partial charge is 0.492 e. The lowest BCUT2D eigenvalue weighted by atomic mass is 9.81. The van der Waals surface area contributed by atoms with Crippen molar-refractivity contribution in [3.8, 4) is 5.75 Å². The molecule has 4 rings (SSSR count). The van der Waals surface area contributed by atoms with Crippen molar-refractivity contribution in [2.24, 2.45) is 0 Å². The number of ether oxygens (including phenoxy) is 1. The lowest BCUT2D eigenvalue weighted by Gasteiger charge is -2.34. The van der Waals surface area contributed by atoms with Crippen molar-refractivity contribution < 1.29 is 14.9 Å². The maximum atomic E-state index is 12.0. The number of hydrogen-bond donors (Lipinski definition) is 2. The SMILES string of the molecule is Cc1ccc(C(O)(Cc2ccc(Cl)cc2)c2ccc(OCCN3CCN(CCO)CC3)cc2)cc1. The van der Waals surface area contributed by atoms with E-state index in [4.69, 9.17) is 21.4 Å². The van der Waals surface area contributed by atoms with Gasteiger partial charge in [0.05, 0.1) is 6.61 Å². The van der Waals surface area contributed by atoms with Gasteiger partial charge < -0.3 is 14.9 Å². The maximum Gasteiger partial charge on any atom is 0.119 e. The molecule has 1 unspecified atom stereocenters. The molecule has 3 aromatic carbocycles. The topological polar surface area (TPSA) is 56.2 Å². The van der Waals surface area contributed by atoms with Crippen LogP contribution in [0.4, 0.5) is 0 Å². The van der Waals surface area contributed by atoms with Gasteiger partial charge in [0.2, 0.25) is 0 Å². The van der Waals surface area contributed by atoms with Crippen molar-refractivity contribution in [1.82, 2.24) is 9.80 Å². The summed E-state index contributed by atoms with van der Waals surface area (Å²) >= 11 is 6.07. The van der Waals surface area contributed by atoms with Gasteiger partial charge in [0.1, 0.15) is 18.0 Å². The molecular weight excluding hydrogens is 460 g/mol. The molecule has 0 aromatic heterocycles. The summed E-state index contributed by atoms with van der Waals surface area (Å²) in [5.74, 6) is 0.797. The van der Waals surface area contributed by atoms with Gasteiger partial charge in [0.15, 0.2) is 0 Å². The quantitative estimate of drug-likeness (QED) is 0.444. The summed E-state index contributed by atoms with van der Waals surface area (Å²) in [5, 5.41) is 21.7. The number of β-amino-alcohol motifs (C(OH)–C–C–N with tert-alkyl or cyclic N) is 1. The molecule has 5 nitrogen and oxygen atoms in total. The molecule has 1 aliphatic rings. The molecule has 0 spiro atoms. The molecule has 0 amide bonds. The number of rotatable bonds is 10. The standard InChI is InChI=1S/C29H35ClN2O3/c1-23-2-6-25(7-3-23)29(34,22-24-4-10-27(30)11-5-24)26-8-12-28(13-9-26)35-21-19-32-16-14-31(15-17-32)18-20-33/h2-13,33-34H,14-22H2,1H3. The van der Waals surface area contributed by atoms with Gasteiger partial charge in [0.25, 0.3) is 0 Å². The number of halogens is 1. The second kappa shape index (κ2) is 12.0. The Hall–Kier alpha value is -2.41. The maximum absolute atomic E-state index is 12.0. The van der Waals surface area contributed by atoms with Crippen LogP contribution in [-0.2, 0) is 12.0 Å². The molecule has 0 radical (unpaired) electrons. The van der Waals surface area contributed by atoms with Gasteiger partial charge in [0, 0.05) is 50.7 Å². The predicted molar refractivity (Wildman–Crippen MR) is 141 cm³/mol. The minimum Gasteiger partial charge on any atom is -0.492 e. The van der Waals surface area contributed by atoms with Crippen LogP contribution in [0.25, 0.3) is 0 Å². The smallest absolute Gasteiger partial charge is 0.119 e. The summed E-state index contributed by atoms with van der Waals surface area (Å²) in [6.07, 6.45) is 0.440. The molecule has 3 aromatic rings. The zero-order chi connectivity index (χ0) is 24.7. The lowest BCUT2D eigenvalue weighted by molar-refractivity contribution is 0.0810. The van der Waals surface area contributed by atoms with Crippen molar-refractivity contribution in [1.29, 1.82) is 0 Å². The van der Waals surface area contributed by atoms with Crippen LogP contribution in [0.5, 0.6) is 5.75 Å². The Balaban J connectivity index is 1.42. The molecule has 186 valence electrons. The van der Waals surface area contributed by atoms with Gasteiger partial charge in [-0.1, -0.05) is 65.7 Å². The van der Waals surface area contributed by atoms with Crippen molar-refractivity contribution >= 4 is 11.6 Å². The van der Waals surface area contributed by atoms with E-state index in [-0.39, 0.29) is 6.61 Å². The minimum absolute atomic E-state index is 0.220. The molecule has 0 bridgehead atoms. The molecular formula is C29H35ClN2O3. The highest BCUT2D eigenvalue weighted by Crippen LogP contribution is 2.34. The predicted octanol–water partition coefficient (Wildman–Crippen LogP) is 4.12. The van der Waals surface area contributed by atoms with E-state index in [1.165, 1.54) is 0 Å². The van der Waals surface area contributed by atoms with Crippen LogP contribution >= 0.6 is 11.6 Å². The van der Waals surface area contributed by atoms with Crippen molar-refractivity contribution in [2.45, 2.75) is 18.9 Å². The third kappa shape index (κ3) is 6.84. The van der Waals surface area contributed by atoms with Gasteiger partial charge >= 0.3 is 0 Å². The third-order valence-corrected chi connectivity index (χ3v) is 7.04. The number of piperazine rings is 1. The molecule has 1 fully saturated rings. The normalized spacial score (nSPS) is 16.7. The fourth-order valence-corrected chi connectivity index (χ4v) is 4.72. The van der Waals surface area contributed by atoms with E-state index in [1.54, 1.807) is 0 Å². The number of hydrogen-bond acceptors (Lipinski definition) is 5. The number of benzene rings is 3. The Morgan fingerprint density at radius 2 is 1.34 bits per heavy atom. The number of aryl methyl sites for hydroxylation is 1. The molecule has 1 atom stereocenters. The average molecular weight is 495 g/mol. The van der Waals surface area contributed by atoms with Crippen molar-refractivity contribution in [2.75, 3.05) is 52.5 Å². The highest BCUT2D eigenvalue weighted by molar-refractivity contribution is 6.30. The van der Waals surface area contributed by atoms with Crippen molar-refractivity contribution in [3.05, 3.63) is 100 Å². The van der Waals surface area contributed by atoms with E-state index >= 15 is 0 Å². The second-order valence-electron chi connectivity index (χ2n) is 9.31. The molecule has 35 heavy (non-hydrogen) atoms. The van der Waals surface area contributed by atoms with Crippen molar-refractivity contribution in [3.63, 3.8) is 0 Å². The summed E-state index contributed by atoms with van der Waals surface area (Å²) < 4.78 is 6.01. The van der Waals surface area contributed by atoms with Gasteiger partial charge in [-0.2, -0.15) is 0 Å². The monoisotopic (exact) mass is 494 g/mol. The first-order chi connectivity index (χ1) is 17.0. The highest BCUT2D eigenvalue weighted by atomic mass is 35.5. The third-order valence-electron chi connectivity index (χ3n) is 6.79. The fraction of sp³-hybridized carbons (Fsp3) is 0.379. The molecule has 1 aliphatic heterocycles. The Morgan fingerprint density at radius 1 is 0.800 bits per heavy atom. The summed E-state index contributed by atoms with van der Waals surface area (Å²) in [4.78, 5) is 4.68. The van der Waals surface area contributed by atoms with Crippen LogP contribution in [0.3, 0.4) is 0 Å². The highest BCUT2D eigenvalue weighted by Gasteiger charge is 2.32. The molecule has 0 aliphatic carbocycles. The van der Waals surface area contributed by atoms with E-state index in [0.29, 0.717) is 18.1 Å². The number of aliphatic hydroxyl groups is 2. The van der Waals surface area contributed by atoms with E-state index in [0.717, 1.165) is 67.3 Å². The van der Waals surface area contributed by atoms with Crippen LogP contribution in [-0.4, -0.2) is 72.5 Å². The van der Waals surface area contributed by atoms with Crippen LogP contribution in [0, 0.1) is 6.92 Å². The average Bonchev–Trinajstić information content (AvgIpc) is 2.87. The molecule has 2 N–H and O–H groups in total. The Bertz CT molecular complexity index is 1050. The molecule has 0 saturated carbocycles. The van der Waals surface area contributed by atoms with Crippen LogP contribution in [0.15, 0.2) is 72.8 Å². The van der Waals surface area contributed by atoms with Crippen LogP contribution in [0.2, 0.25) is 5.02 Å². The Kier molecular flexibility index (Phi) is 8.82. The zero-order valence-corrected chi connectivity index (χ0v) is 21.1. The number of nitrogens with zero attached hydrogens (tertiary/aromatic N) is 2. The lowest BCUT2D eigenvalue weighted by Crippen LogP contribution is -2.48. The number of aliphatic hydroxyl groups excluding tert-OH is 1.